The van der Waals surface area contributed by atoms with E-state index in [1.165, 1.54) is 6.26 Å². The van der Waals surface area contributed by atoms with Gasteiger partial charge < -0.3 is 19.4 Å². The highest BCUT2D eigenvalue weighted by atomic mass is 35.5. The molecule has 8 heteroatoms. The van der Waals surface area contributed by atoms with Gasteiger partial charge in [-0.15, -0.1) is 0 Å². The second kappa shape index (κ2) is 7.65. The van der Waals surface area contributed by atoms with Crippen molar-refractivity contribution in [3.05, 3.63) is 47.4 Å². The van der Waals surface area contributed by atoms with E-state index in [1.807, 2.05) is 12.1 Å². The molecule has 2 aromatic rings. The fraction of sp³-hybridized carbons (Fsp3) is 0.250. The van der Waals surface area contributed by atoms with E-state index in [-0.39, 0.29) is 10.9 Å². The van der Waals surface area contributed by atoms with E-state index in [0.29, 0.717) is 23.9 Å². The fourth-order valence-electron chi connectivity index (χ4n) is 2.38. The van der Waals surface area contributed by atoms with Gasteiger partial charge in [0.25, 0.3) is 5.91 Å². The van der Waals surface area contributed by atoms with Gasteiger partial charge in [-0.2, -0.15) is 0 Å². The third-order valence-electron chi connectivity index (χ3n) is 3.53. The molecule has 1 aromatic carbocycles. The van der Waals surface area contributed by atoms with Crippen LogP contribution in [0.4, 0.5) is 11.4 Å². The predicted octanol–water partition coefficient (Wildman–Crippen LogP) is 2.90. The van der Waals surface area contributed by atoms with Crippen molar-refractivity contribution in [1.82, 2.24) is 5.32 Å². The Kier molecular flexibility index (Phi) is 5.34. The number of anilines is 2. The van der Waals surface area contributed by atoms with E-state index in [4.69, 9.17) is 33.0 Å². The Morgan fingerprint density at radius 2 is 2.04 bits per heavy atom. The van der Waals surface area contributed by atoms with Crippen molar-refractivity contribution in [2.24, 2.45) is 0 Å². The Balaban J connectivity index is 1.61. The van der Waals surface area contributed by atoms with Crippen LogP contribution in [0, 0.1) is 0 Å². The van der Waals surface area contributed by atoms with Crippen molar-refractivity contribution in [2.45, 2.75) is 0 Å². The third kappa shape index (κ3) is 4.05. The molecule has 3 rings (SSSR count). The molecular formula is C16H16ClN3O3S. The number of ether oxygens (including phenoxy) is 1. The maximum absolute atomic E-state index is 11.9. The van der Waals surface area contributed by atoms with Crippen molar-refractivity contribution < 1.29 is 13.9 Å². The summed E-state index contributed by atoms with van der Waals surface area (Å²) in [4.78, 5) is 14.0. The third-order valence-corrected chi connectivity index (χ3v) is 4.04. The second-order valence-corrected chi connectivity index (χ2v) is 5.97. The standard InChI is InChI=1S/C16H16ClN3O3S/c17-12-10-11(3-4-13(12)20-5-8-22-9-6-20)18-16(24)19-15(21)14-2-1-7-23-14/h1-4,7,10H,5-6,8-9H2,(H2,18,19,21,24). The summed E-state index contributed by atoms with van der Waals surface area (Å²) in [6.07, 6.45) is 1.43. The lowest BCUT2D eigenvalue weighted by Gasteiger charge is -2.29. The Morgan fingerprint density at radius 1 is 1.25 bits per heavy atom. The molecule has 6 nitrogen and oxygen atoms in total. The molecule has 0 aliphatic carbocycles. The maximum atomic E-state index is 11.9. The minimum absolute atomic E-state index is 0.173. The van der Waals surface area contributed by atoms with Gasteiger partial charge >= 0.3 is 0 Å². The first-order valence-corrected chi connectivity index (χ1v) is 8.20. The van der Waals surface area contributed by atoms with E-state index in [9.17, 15) is 4.79 Å². The van der Waals surface area contributed by atoms with Crippen LogP contribution in [0.15, 0.2) is 41.0 Å². The smallest absolute Gasteiger partial charge is 0.293 e. The quantitative estimate of drug-likeness (QED) is 0.815. The molecule has 1 aliphatic rings. The minimum atomic E-state index is -0.409. The molecule has 24 heavy (non-hydrogen) atoms. The van der Waals surface area contributed by atoms with Crippen LogP contribution in [0.3, 0.4) is 0 Å². The molecule has 0 unspecified atom stereocenters. The Morgan fingerprint density at radius 3 is 2.71 bits per heavy atom. The van der Waals surface area contributed by atoms with Gasteiger partial charge in [0, 0.05) is 18.8 Å². The number of amides is 1. The van der Waals surface area contributed by atoms with Gasteiger partial charge in [0.1, 0.15) is 0 Å². The lowest BCUT2D eigenvalue weighted by Crippen LogP contribution is -2.36. The number of nitrogens with one attached hydrogen (secondary N) is 2. The summed E-state index contributed by atoms with van der Waals surface area (Å²) < 4.78 is 10.4. The zero-order valence-electron chi connectivity index (χ0n) is 12.8. The van der Waals surface area contributed by atoms with Crippen molar-refractivity contribution in [1.29, 1.82) is 0 Å². The van der Waals surface area contributed by atoms with Gasteiger partial charge in [-0.1, -0.05) is 11.6 Å². The molecule has 1 fully saturated rings. The first-order valence-electron chi connectivity index (χ1n) is 7.41. The average Bonchev–Trinajstić information content (AvgIpc) is 3.10. The van der Waals surface area contributed by atoms with Crippen LogP contribution in [0.5, 0.6) is 0 Å². The molecule has 0 radical (unpaired) electrons. The second-order valence-electron chi connectivity index (χ2n) is 5.15. The summed E-state index contributed by atoms with van der Waals surface area (Å²) in [6, 6.07) is 8.76. The Hall–Kier alpha value is -2.09. The molecule has 0 spiro atoms. The van der Waals surface area contributed by atoms with Crippen molar-refractivity contribution in [3.63, 3.8) is 0 Å². The molecule has 1 aromatic heterocycles. The molecule has 1 amide bonds. The number of benzene rings is 1. The van der Waals surface area contributed by atoms with Crippen molar-refractivity contribution in [2.75, 3.05) is 36.5 Å². The van der Waals surface area contributed by atoms with Crippen LogP contribution in [-0.4, -0.2) is 37.3 Å². The van der Waals surface area contributed by atoms with Crippen LogP contribution < -0.4 is 15.5 Å². The van der Waals surface area contributed by atoms with Crippen LogP contribution in [0.25, 0.3) is 0 Å². The zero-order chi connectivity index (χ0) is 16.9. The van der Waals surface area contributed by atoms with E-state index >= 15 is 0 Å². The van der Waals surface area contributed by atoms with Gasteiger partial charge in [-0.3, -0.25) is 10.1 Å². The predicted molar refractivity (Wildman–Crippen MR) is 96.9 cm³/mol. The van der Waals surface area contributed by atoms with Crippen LogP contribution in [-0.2, 0) is 4.74 Å². The number of carbonyl (C=O) groups is 1. The summed E-state index contributed by atoms with van der Waals surface area (Å²) in [5.74, 6) is -0.214. The number of morpholine rings is 1. The van der Waals surface area contributed by atoms with Crippen LogP contribution in [0.1, 0.15) is 10.6 Å². The number of furan rings is 1. The summed E-state index contributed by atoms with van der Waals surface area (Å²) in [5, 5.41) is 6.27. The highest BCUT2D eigenvalue weighted by molar-refractivity contribution is 7.80. The summed E-state index contributed by atoms with van der Waals surface area (Å²) in [7, 11) is 0. The zero-order valence-corrected chi connectivity index (χ0v) is 14.3. The number of nitrogens with zero attached hydrogens (tertiary/aromatic N) is 1. The SMILES string of the molecule is O=C(NC(=S)Nc1ccc(N2CCOCC2)c(Cl)c1)c1ccco1. The maximum Gasteiger partial charge on any atom is 0.293 e. The van der Waals surface area contributed by atoms with Crippen molar-refractivity contribution >= 4 is 46.2 Å². The molecule has 1 aliphatic heterocycles. The lowest BCUT2D eigenvalue weighted by molar-refractivity contribution is 0.0950. The van der Waals surface area contributed by atoms with E-state index in [0.717, 1.165) is 18.8 Å². The fourth-order valence-corrected chi connectivity index (χ4v) is 2.89. The van der Waals surface area contributed by atoms with Gasteiger partial charge in [0.15, 0.2) is 10.9 Å². The molecule has 0 saturated carbocycles. The molecule has 1 saturated heterocycles. The first kappa shape index (κ1) is 16.8. The minimum Gasteiger partial charge on any atom is -0.459 e. The molecular weight excluding hydrogens is 350 g/mol. The van der Waals surface area contributed by atoms with Crippen LogP contribution in [0.2, 0.25) is 5.02 Å². The van der Waals surface area contributed by atoms with Gasteiger partial charge in [0.2, 0.25) is 0 Å². The van der Waals surface area contributed by atoms with Crippen LogP contribution >= 0.6 is 23.8 Å². The number of hydrogen-bond donors (Lipinski definition) is 2. The number of carbonyl (C=O) groups excluding carboxylic acids is 1. The van der Waals surface area contributed by atoms with E-state index in [2.05, 4.69) is 15.5 Å². The van der Waals surface area contributed by atoms with Crippen molar-refractivity contribution in [3.8, 4) is 0 Å². The first-order chi connectivity index (χ1) is 11.6. The summed E-state index contributed by atoms with van der Waals surface area (Å²) >= 11 is 11.5. The lowest BCUT2D eigenvalue weighted by atomic mass is 10.2. The number of halogens is 1. The topological polar surface area (TPSA) is 66.7 Å². The van der Waals surface area contributed by atoms with Gasteiger partial charge in [-0.05, 0) is 42.5 Å². The molecule has 0 bridgehead atoms. The molecule has 2 N–H and O–H groups in total. The van der Waals surface area contributed by atoms with Gasteiger partial charge in [0.05, 0.1) is 30.2 Å². The Labute approximate surface area is 149 Å². The summed E-state index contributed by atoms with van der Waals surface area (Å²) in [5.41, 5.74) is 1.65. The van der Waals surface area contributed by atoms with E-state index < -0.39 is 5.91 Å². The number of rotatable bonds is 3. The highest BCUT2D eigenvalue weighted by Gasteiger charge is 2.15. The Bertz CT molecular complexity index is 730. The van der Waals surface area contributed by atoms with Gasteiger partial charge in [-0.25, -0.2) is 0 Å². The highest BCUT2D eigenvalue weighted by Crippen LogP contribution is 2.29. The normalized spacial score (nSPS) is 14.3. The number of hydrogen-bond acceptors (Lipinski definition) is 5. The van der Waals surface area contributed by atoms with E-state index in [1.54, 1.807) is 18.2 Å². The molecule has 2 heterocycles. The average molecular weight is 366 g/mol. The largest absolute Gasteiger partial charge is 0.459 e. The molecule has 126 valence electrons. The summed E-state index contributed by atoms with van der Waals surface area (Å²) in [6.45, 7) is 3.01. The number of thiocarbonyl (C=S) groups is 1. The molecule has 0 atom stereocenters. The monoisotopic (exact) mass is 365 g/mol.